The Morgan fingerprint density at radius 1 is 1.03 bits per heavy atom. The number of aromatic nitrogens is 5. The van der Waals surface area contributed by atoms with Gasteiger partial charge in [0.15, 0.2) is 5.82 Å². The zero-order valence-electron chi connectivity index (χ0n) is 20.0. The molecule has 1 saturated heterocycles. The van der Waals surface area contributed by atoms with Crippen LogP contribution in [0.3, 0.4) is 0 Å². The van der Waals surface area contributed by atoms with E-state index in [-0.39, 0.29) is 11.6 Å². The number of tetrazole rings is 1. The number of hydrogen-bond acceptors (Lipinski definition) is 6. The van der Waals surface area contributed by atoms with Crippen LogP contribution in [0.25, 0.3) is 10.9 Å². The van der Waals surface area contributed by atoms with Crippen molar-refractivity contribution in [3.63, 3.8) is 0 Å². The van der Waals surface area contributed by atoms with Crippen LogP contribution in [0, 0.1) is 13.8 Å². The van der Waals surface area contributed by atoms with Crippen LogP contribution in [0.4, 0.5) is 0 Å². The molecule has 2 aromatic heterocycles. The van der Waals surface area contributed by atoms with Crippen molar-refractivity contribution in [3.05, 3.63) is 87.0 Å². The maximum absolute atomic E-state index is 13.5. The van der Waals surface area contributed by atoms with E-state index in [9.17, 15) is 4.79 Å². The summed E-state index contributed by atoms with van der Waals surface area (Å²) in [5.74, 6) is 0.697. The number of aryl methyl sites for hydroxylation is 2. The van der Waals surface area contributed by atoms with Crippen LogP contribution in [0.5, 0.6) is 0 Å². The molecule has 34 heavy (non-hydrogen) atoms. The number of rotatable bonds is 6. The van der Waals surface area contributed by atoms with E-state index < -0.39 is 0 Å². The maximum Gasteiger partial charge on any atom is 0.253 e. The lowest BCUT2D eigenvalue weighted by atomic mass is 10.00. The van der Waals surface area contributed by atoms with Gasteiger partial charge in [0, 0.05) is 31.7 Å². The van der Waals surface area contributed by atoms with Crippen LogP contribution >= 0.6 is 0 Å². The Morgan fingerprint density at radius 2 is 1.79 bits per heavy atom. The third kappa shape index (κ3) is 4.38. The van der Waals surface area contributed by atoms with Crippen molar-refractivity contribution >= 4 is 10.9 Å². The number of aromatic amines is 1. The van der Waals surface area contributed by atoms with Gasteiger partial charge < -0.3 is 9.88 Å². The number of fused-ring (bicyclic) bond motifs is 1. The Bertz CT molecular complexity index is 1340. The summed E-state index contributed by atoms with van der Waals surface area (Å²) in [4.78, 5) is 21.4. The van der Waals surface area contributed by atoms with Gasteiger partial charge >= 0.3 is 0 Å². The van der Waals surface area contributed by atoms with Crippen LogP contribution in [-0.4, -0.2) is 67.7 Å². The lowest BCUT2D eigenvalue weighted by molar-refractivity contribution is 0.108. The van der Waals surface area contributed by atoms with Crippen molar-refractivity contribution in [2.24, 2.45) is 0 Å². The van der Waals surface area contributed by atoms with Gasteiger partial charge in [-0.15, -0.1) is 5.10 Å². The highest BCUT2D eigenvalue weighted by Gasteiger charge is 2.32. The van der Waals surface area contributed by atoms with Crippen LogP contribution in [0.2, 0.25) is 0 Å². The van der Waals surface area contributed by atoms with E-state index in [2.05, 4.69) is 68.4 Å². The fourth-order valence-corrected chi connectivity index (χ4v) is 5.02. The molecule has 0 bridgehead atoms. The molecule has 0 radical (unpaired) electrons. The first-order valence-electron chi connectivity index (χ1n) is 11.9. The van der Waals surface area contributed by atoms with Gasteiger partial charge in [0.2, 0.25) is 0 Å². The van der Waals surface area contributed by atoms with Crippen LogP contribution in [0.15, 0.2) is 53.3 Å². The summed E-state index contributed by atoms with van der Waals surface area (Å²) >= 11 is 0. The first-order chi connectivity index (χ1) is 16.5. The van der Waals surface area contributed by atoms with E-state index in [1.165, 1.54) is 5.56 Å². The molecule has 4 aromatic rings. The van der Waals surface area contributed by atoms with Crippen LogP contribution in [-0.2, 0) is 6.54 Å². The second kappa shape index (κ2) is 9.48. The fraction of sp³-hybridized carbons (Fsp3) is 0.385. The monoisotopic (exact) mass is 457 g/mol. The minimum Gasteiger partial charge on any atom is -0.321 e. The normalized spacial score (nSPS) is 16.2. The Balaban J connectivity index is 1.62. The molecule has 8 nitrogen and oxygen atoms in total. The van der Waals surface area contributed by atoms with Crippen molar-refractivity contribution in [2.75, 3.05) is 32.7 Å². The van der Waals surface area contributed by atoms with Gasteiger partial charge in [0.1, 0.15) is 6.04 Å². The van der Waals surface area contributed by atoms with Crippen molar-refractivity contribution in [2.45, 2.75) is 33.4 Å². The molecule has 1 fully saturated rings. The molecular formula is C26H31N7O. The molecule has 1 atom stereocenters. The fourth-order valence-electron chi connectivity index (χ4n) is 5.02. The number of nitrogens with one attached hydrogen (secondary N) is 1. The molecule has 1 aliphatic rings. The van der Waals surface area contributed by atoms with Crippen LogP contribution in [0.1, 0.15) is 41.0 Å². The molecule has 5 rings (SSSR count). The number of piperazine rings is 1. The summed E-state index contributed by atoms with van der Waals surface area (Å²) in [5, 5.41) is 13.8. The Morgan fingerprint density at radius 3 is 2.53 bits per heavy atom. The smallest absolute Gasteiger partial charge is 0.253 e. The molecule has 1 aliphatic heterocycles. The van der Waals surface area contributed by atoms with Crippen molar-refractivity contribution < 1.29 is 0 Å². The van der Waals surface area contributed by atoms with Gasteiger partial charge in [-0.25, -0.2) is 4.68 Å². The summed E-state index contributed by atoms with van der Waals surface area (Å²) in [7, 11) is 0. The number of pyridine rings is 1. The SMILES string of the molecule is CCN1CCN(C(c2cc3cc(C)cc(C)c3[nH]c2=O)c2nnnn2Cc2ccccc2)CC1. The van der Waals surface area contributed by atoms with E-state index in [0.717, 1.165) is 54.8 Å². The minimum absolute atomic E-state index is 0.0864. The summed E-state index contributed by atoms with van der Waals surface area (Å²) in [5.41, 5.74) is 4.84. The van der Waals surface area contributed by atoms with Gasteiger partial charge in [-0.05, 0) is 59.5 Å². The Hall–Kier alpha value is -3.36. The molecular weight excluding hydrogens is 426 g/mol. The van der Waals surface area contributed by atoms with Gasteiger partial charge in [-0.2, -0.15) is 0 Å². The summed E-state index contributed by atoms with van der Waals surface area (Å²) in [6.07, 6.45) is 0. The zero-order valence-corrected chi connectivity index (χ0v) is 20.0. The third-order valence-corrected chi connectivity index (χ3v) is 6.82. The highest BCUT2D eigenvalue weighted by molar-refractivity contribution is 5.83. The van der Waals surface area contributed by atoms with E-state index in [1.807, 2.05) is 35.9 Å². The number of H-pyrrole nitrogens is 1. The van der Waals surface area contributed by atoms with E-state index in [4.69, 9.17) is 0 Å². The molecule has 1 N–H and O–H groups in total. The van der Waals surface area contributed by atoms with E-state index in [1.54, 1.807) is 0 Å². The second-order valence-corrected chi connectivity index (χ2v) is 9.15. The lowest BCUT2D eigenvalue weighted by Gasteiger charge is -2.38. The Labute approximate surface area is 199 Å². The average molecular weight is 458 g/mol. The average Bonchev–Trinajstić information content (AvgIpc) is 3.29. The van der Waals surface area contributed by atoms with Crippen molar-refractivity contribution in [1.82, 2.24) is 35.0 Å². The van der Waals surface area contributed by atoms with Gasteiger partial charge in [0.25, 0.3) is 5.56 Å². The summed E-state index contributed by atoms with van der Waals surface area (Å²) in [6, 6.07) is 16.1. The second-order valence-electron chi connectivity index (χ2n) is 9.15. The molecule has 2 aromatic carbocycles. The van der Waals surface area contributed by atoms with Gasteiger partial charge in [0.05, 0.1) is 12.1 Å². The van der Waals surface area contributed by atoms with E-state index >= 15 is 0 Å². The summed E-state index contributed by atoms with van der Waals surface area (Å²) < 4.78 is 1.83. The summed E-state index contributed by atoms with van der Waals surface area (Å²) in [6.45, 7) is 11.5. The lowest BCUT2D eigenvalue weighted by Crippen LogP contribution is -2.49. The molecule has 0 amide bonds. The molecule has 0 spiro atoms. The molecule has 176 valence electrons. The van der Waals surface area contributed by atoms with Gasteiger partial charge in [-0.3, -0.25) is 9.69 Å². The Kier molecular flexibility index (Phi) is 6.26. The largest absolute Gasteiger partial charge is 0.321 e. The molecule has 8 heteroatoms. The number of likely N-dealkylation sites (N-methyl/N-ethyl adjacent to an activating group) is 1. The maximum atomic E-state index is 13.5. The topological polar surface area (TPSA) is 82.9 Å². The van der Waals surface area contributed by atoms with E-state index in [0.29, 0.717) is 17.9 Å². The van der Waals surface area contributed by atoms with Crippen molar-refractivity contribution in [1.29, 1.82) is 0 Å². The quantitative estimate of drug-likeness (QED) is 0.479. The number of benzene rings is 2. The third-order valence-electron chi connectivity index (χ3n) is 6.82. The molecule has 3 heterocycles. The predicted molar refractivity (Wildman–Crippen MR) is 133 cm³/mol. The molecule has 1 unspecified atom stereocenters. The first-order valence-corrected chi connectivity index (χ1v) is 11.9. The van der Waals surface area contributed by atoms with Crippen molar-refractivity contribution in [3.8, 4) is 0 Å². The number of hydrogen-bond donors (Lipinski definition) is 1. The van der Waals surface area contributed by atoms with Gasteiger partial charge in [-0.1, -0.05) is 48.9 Å². The highest BCUT2D eigenvalue weighted by atomic mass is 16.1. The minimum atomic E-state index is -0.327. The number of nitrogens with zero attached hydrogens (tertiary/aromatic N) is 6. The molecule has 0 saturated carbocycles. The highest BCUT2D eigenvalue weighted by Crippen LogP contribution is 2.29. The van der Waals surface area contributed by atoms with Crippen LogP contribution < -0.4 is 5.56 Å². The first kappa shape index (κ1) is 22.4. The standard InChI is InChI=1S/C26H31N7O/c1-4-31-10-12-32(13-11-31)24(25-28-29-30-33(25)17-20-8-6-5-7-9-20)22-16-21-15-18(2)14-19(3)23(21)27-26(22)34/h5-9,14-16,24H,4,10-13,17H2,1-3H3,(H,27,34). The zero-order chi connectivity index (χ0) is 23.7. The predicted octanol–water partition coefficient (Wildman–Crippen LogP) is 2.91. The molecule has 0 aliphatic carbocycles.